The molecule has 0 bridgehead atoms. The smallest absolute Gasteiger partial charge is 0.377 e. The third-order valence-corrected chi connectivity index (χ3v) is 4.64. The summed E-state index contributed by atoms with van der Waals surface area (Å²) in [5.41, 5.74) is 0.651. The fourth-order valence-electron chi connectivity index (χ4n) is 3.33. The fraction of sp³-hybridized carbons (Fsp3) is 0.500. The van der Waals surface area contributed by atoms with E-state index >= 15 is 0 Å². The average molecular weight is 367 g/mol. The minimum absolute atomic E-state index is 0.188. The first kappa shape index (κ1) is 17.0. The molecule has 3 heterocycles. The van der Waals surface area contributed by atoms with Gasteiger partial charge in [-0.3, -0.25) is 4.79 Å². The van der Waals surface area contributed by atoms with Crippen LogP contribution in [-0.2, 0) is 23.8 Å². The number of nitrogens with one attached hydrogen (secondary N) is 1. The van der Waals surface area contributed by atoms with E-state index < -0.39 is 11.9 Å². The van der Waals surface area contributed by atoms with E-state index in [0.29, 0.717) is 6.61 Å². The summed E-state index contributed by atoms with van der Waals surface area (Å²) in [6.07, 6.45) is -1.85. The lowest BCUT2D eigenvalue weighted by Gasteiger charge is -2.21. The lowest BCUT2D eigenvalue weighted by Crippen LogP contribution is -2.38. The molecule has 1 saturated heterocycles. The maximum Gasteiger partial charge on any atom is 0.435 e. The standard InChI is InChI=1S/C16H16F3N5O2/c17-16(18,19)13-4-5-14(22-21-13)20-11-7-26-8-12(11)24-15(25)6-9-2-1-3-10(9)23-24/h4-6,11-12H,1-3,7-8H2,(H,20,22). The van der Waals surface area contributed by atoms with Gasteiger partial charge in [-0.05, 0) is 37.0 Å². The summed E-state index contributed by atoms with van der Waals surface area (Å²) in [7, 11) is 0. The van der Waals surface area contributed by atoms with Crippen molar-refractivity contribution in [3.63, 3.8) is 0 Å². The number of rotatable bonds is 3. The number of nitrogens with zero attached hydrogens (tertiary/aromatic N) is 4. The predicted octanol–water partition coefficient (Wildman–Crippen LogP) is 1.59. The number of fused-ring (bicyclic) bond motifs is 1. The van der Waals surface area contributed by atoms with Crippen LogP contribution >= 0.6 is 0 Å². The van der Waals surface area contributed by atoms with Crippen molar-refractivity contribution in [2.45, 2.75) is 37.5 Å². The lowest BCUT2D eigenvalue weighted by molar-refractivity contribution is -0.141. The van der Waals surface area contributed by atoms with Crippen molar-refractivity contribution in [2.75, 3.05) is 18.5 Å². The number of halogens is 3. The van der Waals surface area contributed by atoms with Crippen LogP contribution in [0.5, 0.6) is 0 Å². The second kappa shape index (κ2) is 6.35. The van der Waals surface area contributed by atoms with E-state index in [4.69, 9.17) is 4.74 Å². The van der Waals surface area contributed by atoms with E-state index in [0.717, 1.165) is 36.6 Å². The summed E-state index contributed by atoms with van der Waals surface area (Å²) in [4.78, 5) is 12.4. The van der Waals surface area contributed by atoms with E-state index in [1.165, 1.54) is 10.7 Å². The van der Waals surface area contributed by atoms with E-state index in [1.807, 2.05) is 0 Å². The first-order valence-electron chi connectivity index (χ1n) is 8.28. The second-order valence-corrected chi connectivity index (χ2v) is 6.41. The first-order valence-corrected chi connectivity index (χ1v) is 8.28. The van der Waals surface area contributed by atoms with Crippen molar-refractivity contribution in [1.29, 1.82) is 0 Å². The zero-order valence-electron chi connectivity index (χ0n) is 13.7. The fourth-order valence-corrected chi connectivity index (χ4v) is 3.33. The predicted molar refractivity (Wildman–Crippen MR) is 84.8 cm³/mol. The number of alkyl halides is 3. The highest BCUT2D eigenvalue weighted by Gasteiger charge is 2.34. The largest absolute Gasteiger partial charge is 0.435 e. The van der Waals surface area contributed by atoms with Crippen molar-refractivity contribution in [1.82, 2.24) is 20.0 Å². The monoisotopic (exact) mass is 367 g/mol. The Bertz CT molecular complexity index is 866. The van der Waals surface area contributed by atoms with Gasteiger partial charge in [0, 0.05) is 6.07 Å². The van der Waals surface area contributed by atoms with Gasteiger partial charge in [0.2, 0.25) is 0 Å². The maximum absolute atomic E-state index is 12.6. The molecule has 2 unspecified atom stereocenters. The van der Waals surface area contributed by atoms with Gasteiger partial charge in [0.1, 0.15) is 11.9 Å². The Labute approximate surface area is 146 Å². The highest BCUT2D eigenvalue weighted by Crippen LogP contribution is 2.28. The van der Waals surface area contributed by atoms with E-state index in [-0.39, 0.29) is 30.1 Å². The van der Waals surface area contributed by atoms with Gasteiger partial charge in [-0.1, -0.05) is 0 Å². The van der Waals surface area contributed by atoms with Crippen LogP contribution in [0.3, 0.4) is 0 Å². The molecule has 0 aromatic carbocycles. The van der Waals surface area contributed by atoms with Gasteiger partial charge in [0.15, 0.2) is 5.69 Å². The molecule has 2 atom stereocenters. The van der Waals surface area contributed by atoms with E-state index in [1.54, 1.807) is 6.07 Å². The minimum Gasteiger partial charge on any atom is -0.377 e. The molecule has 0 spiro atoms. The van der Waals surface area contributed by atoms with Crippen molar-refractivity contribution < 1.29 is 17.9 Å². The minimum atomic E-state index is -4.54. The lowest BCUT2D eigenvalue weighted by atomic mass is 10.1. The van der Waals surface area contributed by atoms with Crippen LogP contribution in [0.1, 0.15) is 29.4 Å². The Morgan fingerprint density at radius 3 is 2.77 bits per heavy atom. The van der Waals surface area contributed by atoms with Crippen LogP contribution in [-0.4, -0.2) is 39.2 Å². The molecule has 7 nitrogen and oxygen atoms in total. The van der Waals surface area contributed by atoms with Gasteiger partial charge >= 0.3 is 6.18 Å². The van der Waals surface area contributed by atoms with Gasteiger partial charge in [-0.25, -0.2) is 4.68 Å². The number of hydrogen-bond donors (Lipinski definition) is 1. The summed E-state index contributed by atoms with van der Waals surface area (Å²) in [6.45, 7) is 0.579. The molecule has 2 aromatic heterocycles. The molecule has 0 saturated carbocycles. The SMILES string of the molecule is O=c1cc2c(nn1C1COCC1Nc1ccc(C(F)(F)F)nn1)CCC2. The quantitative estimate of drug-likeness (QED) is 0.887. The molecule has 138 valence electrons. The van der Waals surface area contributed by atoms with Crippen LogP contribution in [0.2, 0.25) is 0 Å². The molecule has 1 N–H and O–H groups in total. The van der Waals surface area contributed by atoms with Gasteiger partial charge in [-0.15, -0.1) is 10.2 Å². The first-order chi connectivity index (χ1) is 12.4. The molecule has 1 fully saturated rings. The number of aryl methyl sites for hydroxylation is 2. The van der Waals surface area contributed by atoms with Gasteiger partial charge in [-0.2, -0.15) is 18.3 Å². The van der Waals surface area contributed by atoms with Crippen LogP contribution in [0.15, 0.2) is 23.0 Å². The Morgan fingerprint density at radius 1 is 1.19 bits per heavy atom. The molecule has 4 rings (SSSR count). The Kier molecular flexibility index (Phi) is 4.14. The third kappa shape index (κ3) is 3.16. The normalized spacial score (nSPS) is 22.4. The van der Waals surface area contributed by atoms with Gasteiger partial charge in [0.25, 0.3) is 5.56 Å². The van der Waals surface area contributed by atoms with E-state index in [9.17, 15) is 18.0 Å². The van der Waals surface area contributed by atoms with E-state index in [2.05, 4.69) is 20.6 Å². The number of aromatic nitrogens is 4. The van der Waals surface area contributed by atoms with Crippen molar-refractivity contribution in [2.24, 2.45) is 0 Å². The number of ether oxygens (including phenoxy) is 1. The zero-order valence-corrected chi connectivity index (χ0v) is 13.7. The molecule has 0 amide bonds. The van der Waals surface area contributed by atoms with Crippen LogP contribution in [0.25, 0.3) is 0 Å². The maximum atomic E-state index is 12.6. The Hall–Kier alpha value is -2.49. The summed E-state index contributed by atoms with van der Waals surface area (Å²) >= 11 is 0. The molecule has 2 aliphatic rings. The molecule has 1 aliphatic carbocycles. The van der Waals surface area contributed by atoms with Crippen LogP contribution in [0, 0.1) is 0 Å². The molecule has 0 radical (unpaired) electrons. The molecule has 2 aromatic rings. The molecule has 10 heteroatoms. The zero-order chi connectivity index (χ0) is 18.3. The number of anilines is 1. The van der Waals surface area contributed by atoms with Crippen molar-refractivity contribution in [3.05, 3.63) is 45.5 Å². The molecular formula is C16H16F3N5O2. The highest BCUT2D eigenvalue weighted by molar-refractivity contribution is 5.35. The number of hydrogen-bond acceptors (Lipinski definition) is 6. The summed E-state index contributed by atoms with van der Waals surface area (Å²) in [5, 5.41) is 14.2. The summed E-state index contributed by atoms with van der Waals surface area (Å²) in [6, 6.07) is 2.98. The third-order valence-electron chi connectivity index (χ3n) is 4.64. The van der Waals surface area contributed by atoms with Crippen LogP contribution in [0.4, 0.5) is 19.0 Å². The Balaban J connectivity index is 1.55. The summed E-state index contributed by atoms with van der Waals surface area (Å²) < 4.78 is 44.6. The van der Waals surface area contributed by atoms with Gasteiger partial charge in [0.05, 0.1) is 24.9 Å². The van der Waals surface area contributed by atoms with Crippen LogP contribution < -0.4 is 10.9 Å². The molecule has 26 heavy (non-hydrogen) atoms. The van der Waals surface area contributed by atoms with Crippen molar-refractivity contribution >= 4 is 5.82 Å². The topological polar surface area (TPSA) is 81.9 Å². The summed E-state index contributed by atoms with van der Waals surface area (Å²) in [5.74, 6) is 0.188. The highest BCUT2D eigenvalue weighted by atomic mass is 19.4. The van der Waals surface area contributed by atoms with Crippen molar-refractivity contribution in [3.8, 4) is 0 Å². The molecule has 1 aliphatic heterocycles. The molecular weight excluding hydrogens is 351 g/mol. The van der Waals surface area contributed by atoms with Gasteiger partial charge < -0.3 is 10.1 Å². The Morgan fingerprint density at radius 2 is 2.04 bits per heavy atom. The average Bonchev–Trinajstić information content (AvgIpc) is 3.22. The second-order valence-electron chi connectivity index (χ2n) is 6.41.